The van der Waals surface area contributed by atoms with Gasteiger partial charge in [0, 0.05) is 4.88 Å². The first-order valence-corrected chi connectivity index (χ1v) is 6.56. The molecule has 6 heteroatoms. The molecule has 19 heavy (non-hydrogen) atoms. The molecule has 0 aliphatic rings. The van der Waals surface area contributed by atoms with Gasteiger partial charge in [-0.05, 0) is 23.6 Å². The van der Waals surface area contributed by atoms with E-state index in [1.165, 1.54) is 6.07 Å². The summed E-state index contributed by atoms with van der Waals surface area (Å²) < 4.78 is 18.6. The van der Waals surface area contributed by atoms with Crippen molar-refractivity contribution in [3.05, 3.63) is 52.5 Å². The third-order valence-electron chi connectivity index (χ3n) is 2.53. The van der Waals surface area contributed by atoms with Crippen molar-refractivity contribution in [2.24, 2.45) is 0 Å². The largest absolute Gasteiger partial charge is 0.333 e. The van der Waals surface area contributed by atoms with E-state index in [1.54, 1.807) is 29.5 Å². The lowest BCUT2D eigenvalue weighted by Crippen LogP contribution is -1.97. The van der Waals surface area contributed by atoms with Crippen LogP contribution in [-0.2, 0) is 6.54 Å². The Kier molecular flexibility index (Phi) is 3.24. The van der Waals surface area contributed by atoms with E-state index in [0.717, 1.165) is 4.88 Å². The highest BCUT2D eigenvalue weighted by atomic mass is 32.1. The summed E-state index contributed by atoms with van der Waals surface area (Å²) in [6.45, 7) is 0.608. The number of benzene rings is 1. The number of hydrogen-bond acceptors (Lipinski definition) is 5. The number of hydrogen-bond donors (Lipinski definition) is 1. The van der Waals surface area contributed by atoms with E-state index >= 15 is 0 Å². The summed E-state index contributed by atoms with van der Waals surface area (Å²) in [5, 5.41) is 8.76. The zero-order valence-electron chi connectivity index (χ0n) is 9.84. The number of aromatic nitrogens is 2. The van der Waals surface area contributed by atoms with Gasteiger partial charge in [0.2, 0.25) is 5.82 Å². The molecule has 0 aliphatic carbocycles. The second-order valence-electron chi connectivity index (χ2n) is 3.84. The molecule has 0 amide bonds. The molecule has 4 nitrogen and oxygen atoms in total. The average Bonchev–Trinajstić information content (AvgIpc) is 3.08. The molecule has 0 aliphatic heterocycles. The minimum atomic E-state index is -0.367. The van der Waals surface area contributed by atoms with Crippen LogP contribution in [0.2, 0.25) is 0 Å². The predicted octanol–water partition coefficient (Wildman–Crippen LogP) is 3.55. The van der Waals surface area contributed by atoms with Gasteiger partial charge in [-0.3, -0.25) is 0 Å². The Labute approximate surface area is 112 Å². The van der Waals surface area contributed by atoms with Crippen LogP contribution in [0, 0.1) is 5.82 Å². The van der Waals surface area contributed by atoms with E-state index in [-0.39, 0.29) is 17.7 Å². The lowest BCUT2D eigenvalue weighted by molar-refractivity contribution is 0.431. The normalized spacial score (nSPS) is 10.6. The van der Waals surface area contributed by atoms with Gasteiger partial charge < -0.3 is 9.84 Å². The quantitative estimate of drug-likeness (QED) is 0.791. The topological polar surface area (TPSA) is 51.0 Å². The average molecular weight is 275 g/mol. The molecule has 0 fully saturated rings. The molecule has 1 N–H and O–H groups in total. The Balaban J connectivity index is 1.75. The summed E-state index contributed by atoms with van der Waals surface area (Å²) in [7, 11) is 0. The standard InChI is InChI=1S/C13H10FN3OS/c14-11-6-2-1-5-10(11)12-16-13(18-17-12)15-8-9-4-3-7-19-9/h1-7H,8H2,(H,15,16,17). The molecule has 0 unspecified atom stereocenters. The van der Waals surface area contributed by atoms with Crippen molar-refractivity contribution in [2.45, 2.75) is 6.54 Å². The third kappa shape index (κ3) is 2.63. The molecule has 2 aromatic heterocycles. The van der Waals surface area contributed by atoms with Gasteiger partial charge in [-0.1, -0.05) is 23.4 Å². The van der Waals surface area contributed by atoms with Crippen LogP contribution in [0.5, 0.6) is 0 Å². The van der Waals surface area contributed by atoms with Crippen LogP contribution in [0.15, 0.2) is 46.3 Å². The first-order valence-electron chi connectivity index (χ1n) is 5.68. The highest BCUT2D eigenvalue weighted by molar-refractivity contribution is 7.09. The van der Waals surface area contributed by atoms with Crippen LogP contribution in [0.25, 0.3) is 11.4 Å². The monoisotopic (exact) mass is 275 g/mol. The Bertz CT molecular complexity index is 666. The zero-order valence-corrected chi connectivity index (χ0v) is 10.7. The van der Waals surface area contributed by atoms with Crippen LogP contribution in [0.4, 0.5) is 10.4 Å². The summed E-state index contributed by atoms with van der Waals surface area (Å²) in [5.41, 5.74) is 0.329. The SMILES string of the molecule is Fc1ccccc1-c1noc(NCc2cccs2)n1. The lowest BCUT2D eigenvalue weighted by atomic mass is 10.2. The van der Waals surface area contributed by atoms with Gasteiger partial charge in [-0.15, -0.1) is 11.3 Å². The minimum Gasteiger partial charge on any atom is -0.333 e. The fourth-order valence-electron chi connectivity index (χ4n) is 1.62. The van der Waals surface area contributed by atoms with Crippen molar-refractivity contribution in [1.82, 2.24) is 10.1 Å². The molecule has 3 aromatic rings. The fraction of sp³-hybridized carbons (Fsp3) is 0.0769. The van der Waals surface area contributed by atoms with E-state index in [9.17, 15) is 4.39 Å². The maximum atomic E-state index is 13.6. The number of anilines is 1. The number of rotatable bonds is 4. The summed E-state index contributed by atoms with van der Waals surface area (Å²) in [5.74, 6) is -0.125. The Morgan fingerprint density at radius 2 is 2.11 bits per heavy atom. The van der Waals surface area contributed by atoms with Crippen LogP contribution < -0.4 is 5.32 Å². The van der Waals surface area contributed by atoms with Crippen molar-refractivity contribution >= 4 is 17.4 Å². The van der Waals surface area contributed by atoms with Crippen molar-refractivity contribution < 1.29 is 8.91 Å². The third-order valence-corrected chi connectivity index (χ3v) is 3.41. The molecule has 0 saturated carbocycles. The maximum Gasteiger partial charge on any atom is 0.322 e. The number of nitrogens with one attached hydrogen (secondary N) is 1. The first-order chi connectivity index (χ1) is 9.33. The van der Waals surface area contributed by atoms with Crippen molar-refractivity contribution in [2.75, 3.05) is 5.32 Å². The lowest BCUT2D eigenvalue weighted by Gasteiger charge is -1.96. The summed E-state index contributed by atoms with van der Waals surface area (Å²) in [4.78, 5) is 5.27. The van der Waals surface area contributed by atoms with Gasteiger partial charge in [0.1, 0.15) is 5.82 Å². The summed E-state index contributed by atoms with van der Waals surface area (Å²) >= 11 is 1.64. The molecular weight excluding hydrogens is 265 g/mol. The van der Waals surface area contributed by atoms with E-state index in [0.29, 0.717) is 12.1 Å². The van der Waals surface area contributed by atoms with Crippen LogP contribution in [-0.4, -0.2) is 10.1 Å². The highest BCUT2D eigenvalue weighted by Gasteiger charge is 2.11. The van der Waals surface area contributed by atoms with Gasteiger partial charge >= 0.3 is 6.01 Å². The molecular formula is C13H10FN3OS. The second kappa shape index (κ2) is 5.19. The van der Waals surface area contributed by atoms with Gasteiger partial charge in [-0.2, -0.15) is 4.98 Å². The number of nitrogens with zero attached hydrogens (tertiary/aromatic N) is 2. The smallest absolute Gasteiger partial charge is 0.322 e. The molecule has 2 heterocycles. The van der Waals surface area contributed by atoms with Crippen LogP contribution >= 0.6 is 11.3 Å². The van der Waals surface area contributed by atoms with Crippen LogP contribution in [0.3, 0.4) is 0 Å². The van der Waals surface area contributed by atoms with E-state index in [2.05, 4.69) is 15.5 Å². The predicted molar refractivity (Wildman–Crippen MR) is 71.3 cm³/mol. The van der Waals surface area contributed by atoms with Gasteiger partial charge in [-0.25, -0.2) is 4.39 Å². The summed E-state index contributed by atoms with van der Waals surface area (Å²) in [6, 6.07) is 10.6. The van der Waals surface area contributed by atoms with Crippen molar-refractivity contribution in [3.8, 4) is 11.4 Å². The molecule has 0 bridgehead atoms. The molecule has 3 rings (SSSR count). The fourth-order valence-corrected chi connectivity index (χ4v) is 2.27. The van der Waals surface area contributed by atoms with E-state index < -0.39 is 0 Å². The van der Waals surface area contributed by atoms with Gasteiger partial charge in [0.15, 0.2) is 0 Å². The van der Waals surface area contributed by atoms with Crippen LogP contribution in [0.1, 0.15) is 4.88 Å². The zero-order chi connectivity index (χ0) is 13.1. The molecule has 0 atom stereocenters. The summed E-state index contributed by atoms with van der Waals surface area (Å²) in [6.07, 6.45) is 0. The highest BCUT2D eigenvalue weighted by Crippen LogP contribution is 2.21. The first kappa shape index (κ1) is 11.9. The molecule has 1 aromatic carbocycles. The maximum absolute atomic E-state index is 13.6. The molecule has 0 radical (unpaired) electrons. The number of thiophene rings is 1. The second-order valence-corrected chi connectivity index (χ2v) is 4.87. The van der Waals surface area contributed by atoms with Crippen molar-refractivity contribution in [1.29, 1.82) is 0 Å². The number of halogens is 1. The van der Waals surface area contributed by atoms with E-state index in [1.807, 2.05) is 17.5 Å². The molecule has 96 valence electrons. The van der Waals surface area contributed by atoms with Crippen molar-refractivity contribution in [3.63, 3.8) is 0 Å². The minimum absolute atomic E-state index is 0.242. The molecule has 0 saturated heterocycles. The Hall–Kier alpha value is -2.21. The van der Waals surface area contributed by atoms with Gasteiger partial charge in [0.25, 0.3) is 0 Å². The van der Waals surface area contributed by atoms with E-state index in [4.69, 9.17) is 4.52 Å². The Morgan fingerprint density at radius 1 is 1.21 bits per heavy atom. The molecule has 0 spiro atoms. The van der Waals surface area contributed by atoms with Gasteiger partial charge in [0.05, 0.1) is 12.1 Å². The Morgan fingerprint density at radius 3 is 2.89 bits per heavy atom.